The largest absolute Gasteiger partial charge is 0.396 e. The van der Waals surface area contributed by atoms with Gasteiger partial charge in [0.05, 0.1) is 23.0 Å². The Kier molecular flexibility index (Phi) is 4.27. The number of nitrogens with two attached hydrogens (primary N) is 2. The molecule has 2 rings (SSSR count). The van der Waals surface area contributed by atoms with Gasteiger partial charge in [-0.1, -0.05) is 6.07 Å². The number of hydrogen-bond acceptors (Lipinski definition) is 4. The first-order valence-corrected chi connectivity index (χ1v) is 6.68. The number of nitrogen functional groups attached to an aromatic ring is 1. The van der Waals surface area contributed by atoms with Gasteiger partial charge in [0.25, 0.3) is 5.91 Å². The summed E-state index contributed by atoms with van der Waals surface area (Å²) in [6, 6.07) is 5.38. The molecule has 1 aliphatic rings. The number of carbonyl (C=O) groups is 1. The lowest BCUT2D eigenvalue weighted by Crippen LogP contribution is -2.33. The molecule has 1 aliphatic heterocycles. The van der Waals surface area contributed by atoms with Gasteiger partial charge >= 0.3 is 0 Å². The summed E-state index contributed by atoms with van der Waals surface area (Å²) >= 11 is 0. The van der Waals surface area contributed by atoms with E-state index in [0.29, 0.717) is 11.3 Å². The highest BCUT2D eigenvalue weighted by molar-refractivity contribution is 6.00. The molecule has 0 saturated carbocycles. The number of nitrogens with zero attached hydrogens (tertiary/aromatic N) is 1. The van der Waals surface area contributed by atoms with E-state index in [9.17, 15) is 4.79 Å². The third-order valence-electron chi connectivity index (χ3n) is 3.52. The van der Waals surface area contributed by atoms with Crippen molar-refractivity contribution in [2.75, 3.05) is 30.3 Å². The predicted molar refractivity (Wildman–Crippen MR) is 76.2 cm³/mol. The number of hydrogen-bond donors (Lipinski definition) is 2. The number of benzene rings is 1. The standard InChI is InChI=1S/C14H21N3O2/c1-2-17(9-10-5-4-8-19-10)12-7-3-6-11(13(12)15)14(16)18/h3,6-7,10H,2,4-5,8-9,15H2,1H3,(H2,16,18). The molecule has 4 N–H and O–H groups in total. The van der Waals surface area contributed by atoms with Crippen LogP contribution in [0, 0.1) is 0 Å². The highest BCUT2D eigenvalue weighted by atomic mass is 16.5. The van der Waals surface area contributed by atoms with Crippen molar-refractivity contribution in [1.82, 2.24) is 0 Å². The molecule has 1 unspecified atom stereocenters. The average molecular weight is 263 g/mol. The van der Waals surface area contributed by atoms with E-state index in [2.05, 4.69) is 11.8 Å². The van der Waals surface area contributed by atoms with Crippen molar-refractivity contribution in [3.8, 4) is 0 Å². The van der Waals surface area contributed by atoms with Crippen molar-refractivity contribution >= 4 is 17.3 Å². The Morgan fingerprint density at radius 1 is 1.53 bits per heavy atom. The smallest absolute Gasteiger partial charge is 0.250 e. The second kappa shape index (κ2) is 5.93. The summed E-state index contributed by atoms with van der Waals surface area (Å²) < 4.78 is 5.65. The first-order valence-electron chi connectivity index (χ1n) is 6.68. The number of para-hydroxylation sites is 1. The SMILES string of the molecule is CCN(CC1CCCO1)c1cccc(C(N)=O)c1N. The van der Waals surface area contributed by atoms with Crippen LogP contribution in [0.2, 0.25) is 0 Å². The molecule has 0 aromatic heterocycles. The van der Waals surface area contributed by atoms with Crippen LogP contribution in [0.15, 0.2) is 18.2 Å². The van der Waals surface area contributed by atoms with Gasteiger partial charge in [-0.25, -0.2) is 0 Å². The van der Waals surface area contributed by atoms with E-state index in [-0.39, 0.29) is 6.10 Å². The molecule has 0 bridgehead atoms. The van der Waals surface area contributed by atoms with E-state index in [1.165, 1.54) is 0 Å². The number of carbonyl (C=O) groups excluding carboxylic acids is 1. The zero-order valence-corrected chi connectivity index (χ0v) is 11.3. The fourth-order valence-corrected chi connectivity index (χ4v) is 2.48. The van der Waals surface area contributed by atoms with Crippen LogP contribution in [0.5, 0.6) is 0 Å². The third kappa shape index (κ3) is 2.98. The lowest BCUT2D eigenvalue weighted by atomic mass is 10.1. The van der Waals surface area contributed by atoms with Crippen LogP contribution in [0.25, 0.3) is 0 Å². The van der Waals surface area contributed by atoms with Crippen LogP contribution in [0.1, 0.15) is 30.1 Å². The van der Waals surface area contributed by atoms with Crippen LogP contribution < -0.4 is 16.4 Å². The van der Waals surface area contributed by atoms with Gasteiger partial charge in [0.1, 0.15) is 0 Å². The van der Waals surface area contributed by atoms with Crippen LogP contribution in [-0.2, 0) is 4.74 Å². The Balaban J connectivity index is 2.22. The second-order valence-electron chi connectivity index (χ2n) is 4.78. The fourth-order valence-electron chi connectivity index (χ4n) is 2.48. The molecule has 19 heavy (non-hydrogen) atoms. The molecule has 1 fully saturated rings. The number of ether oxygens (including phenoxy) is 1. The molecule has 1 amide bonds. The van der Waals surface area contributed by atoms with Gasteiger partial charge in [-0.05, 0) is 31.9 Å². The zero-order valence-electron chi connectivity index (χ0n) is 11.3. The highest BCUT2D eigenvalue weighted by Gasteiger charge is 2.21. The van der Waals surface area contributed by atoms with Gasteiger partial charge < -0.3 is 21.1 Å². The van der Waals surface area contributed by atoms with Crippen molar-refractivity contribution < 1.29 is 9.53 Å². The van der Waals surface area contributed by atoms with Crippen LogP contribution >= 0.6 is 0 Å². The maximum Gasteiger partial charge on any atom is 0.250 e. The maximum absolute atomic E-state index is 11.3. The summed E-state index contributed by atoms with van der Waals surface area (Å²) in [6.07, 6.45) is 2.43. The van der Waals surface area contributed by atoms with Gasteiger partial charge in [0.2, 0.25) is 0 Å². The molecule has 1 aromatic rings. The lowest BCUT2D eigenvalue weighted by molar-refractivity contribution is 0.100. The molecule has 0 spiro atoms. The highest BCUT2D eigenvalue weighted by Crippen LogP contribution is 2.27. The van der Waals surface area contributed by atoms with E-state index < -0.39 is 5.91 Å². The van der Waals surface area contributed by atoms with E-state index in [0.717, 1.165) is 38.2 Å². The summed E-state index contributed by atoms with van der Waals surface area (Å²) in [7, 11) is 0. The minimum Gasteiger partial charge on any atom is -0.396 e. The molecule has 104 valence electrons. The van der Waals surface area contributed by atoms with Gasteiger partial charge in [-0.15, -0.1) is 0 Å². The second-order valence-corrected chi connectivity index (χ2v) is 4.78. The van der Waals surface area contributed by atoms with Gasteiger partial charge in [0.15, 0.2) is 0 Å². The zero-order chi connectivity index (χ0) is 13.8. The average Bonchev–Trinajstić information content (AvgIpc) is 2.89. The summed E-state index contributed by atoms with van der Waals surface area (Å²) in [6.45, 7) is 4.50. The van der Waals surface area contributed by atoms with E-state index in [4.69, 9.17) is 16.2 Å². The van der Waals surface area contributed by atoms with Crippen molar-refractivity contribution in [2.24, 2.45) is 5.73 Å². The molecule has 0 radical (unpaired) electrons. The summed E-state index contributed by atoms with van der Waals surface area (Å²) in [5, 5.41) is 0. The lowest BCUT2D eigenvalue weighted by Gasteiger charge is -2.27. The molecule has 1 heterocycles. The Bertz CT molecular complexity index is 456. The number of amides is 1. The molecule has 5 heteroatoms. The minimum atomic E-state index is -0.493. The molecule has 5 nitrogen and oxygen atoms in total. The summed E-state index contributed by atoms with van der Waals surface area (Å²) in [5.41, 5.74) is 13.1. The Morgan fingerprint density at radius 3 is 2.89 bits per heavy atom. The normalized spacial score (nSPS) is 18.5. The summed E-state index contributed by atoms with van der Waals surface area (Å²) in [5.74, 6) is -0.493. The Morgan fingerprint density at radius 2 is 2.32 bits per heavy atom. The molecular weight excluding hydrogens is 242 g/mol. The topological polar surface area (TPSA) is 81.6 Å². The first-order chi connectivity index (χ1) is 9.13. The number of primary amides is 1. The van der Waals surface area contributed by atoms with E-state index in [1.54, 1.807) is 6.07 Å². The van der Waals surface area contributed by atoms with E-state index >= 15 is 0 Å². The van der Waals surface area contributed by atoms with Crippen LogP contribution in [-0.4, -0.2) is 31.7 Å². The monoisotopic (exact) mass is 263 g/mol. The maximum atomic E-state index is 11.3. The molecule has 1 atom stereocenters. The number of anilines is 2. The van der Waals surface area contributed by atoms with Crippen LogP contribution in [0.3, 0.4) is 0 Å². The Hall–Kier alpha value is -1.75. The van der Waals surface area contributed by atoms with Gasteiger partial charge in [-0.2, -0.15) is 0 Å². The Labute approximate surface area is 113 Å². The molecule has 0 aliphatic carbocycles. The van der Waals surface area contributed by atoms with Crippen molar-refractivity contribution in [3.63, 3.8) is 0 Å². The van der Waals surface area contributed by atoms with E-state index in [1.807, 2.05) is 12.1 Å². The number of rotatable bonds is 5. The molecule has 1 aromatic carbocycles. The minimum absolute atomic E-state index is 0.247. The molecule has 1 saturated heterocycles. The van der Waals surface area contributed by atoms with Crippen molar-refractivity contribution in [1.29, 1.82) is 0 Å². The van der Waals surface area contributed by atoms with Crippen LogP contribution in [0.4, 0.5) is 11.4 Å². The quantitative estimate of drug-likeness (QED) is 0.786. The summed E-state index contributed by atoms with van der Waals surface area (Å²) in [4.78, 5) is 13.5. The predicted octanol–water partition coefficient (Wildman–Crippen LogP) is 1.37. The fraction of sp³-hybridized carbons (Fsp3) is 0.500. The third-order valence-corrected chi connectivity index (χ3v) is 3.52. The van der Waals surface area contributed by atoms with Crippen molar-refractivity contribution in [3.05, 3.63) is 23.8 Å². The van der Waals surface area contributed by atoms with Crippen molar-refractivity contribution in [2.45, 2.75) is 25.9 Å². The van der Waals surface area contributed by atoms with Gasteiger partial charge in [-0.3, -0.25) is 4.79 Å². The van der Waals surface area contributed by atoms with Gasteiger partial charge in [0, 0.05) is 19.7 Å². The first kappa shape index (κ1) is 13.7. The number of likely N-dealkylation sites (N-methyl/N-ethyl adjacent to an activating group) is 1. The molecular formula is C14H21N3O2.